The molecule has 3 amide bonds. The Morgan fingerprint density at radius 2 is 1.42 bits per heavy atom. The first kappa shape index (κ1) is 22.5. The number of ether oxygens (including phenoxy) is 1. The van der Waals surface area contributed by atoms with E-state index < -0.39 is 30.0 Å². The molecule has 0 saturated heterocycles. The number of hydrogen-bond acceptors (Lipinski definition) is 5. The zero-order chi connectivity index (χ0) is 23.7. The van der Waals surface area contributed by atoms with Crippen molar-refractivity contribution in [3.63, 3.8) is 0 Å². The van der Waals surface area contributed by atoms with Crippen molar-refractivity contribution in [2.75, 3.05) is 13.7 Å². The van der Waals surface area contributed by atoms with Crippen molar-refractivity contribution in [3.05, 3.63) is 99.0 Å². The van der Waals surface area contributed by atoms with Gasteiger partial charge in [0.1, 0.15) is 12.3 Å². The van der Waals surface area contributed by atoms with Crippen LogP contribution in [0.25, 0.3) is 0 Å². The van der Waals surface area contributed by atoms with Crippen molar-refractivity contribution in [1.29, 1.82) is 0 Å². The third-order valence-corrected chi connectivity index (χ3v) is 5.86. The number of imide groups is 1. The van der Waals surface area contributed by atoms with Gasteiger partial charge in [-0.1, -0.05) is 35.3 Å². The van der Waals surface area contributed by atoms with Crippen LogP contribution in [0.3, 0.4) is 0 Å². The fourth-order valence-electron chi connectivity index (χ4n) is 3.41. The van der Waals surface area contributed by atoms with E-state index in [0.29, 0.717) is 10.8 Å². The lowest BCUT2D eigenvalue weighted by molar-refractivity contribution is 0.00531. The van der Waals surface area contributed by atoms with Gasteiger partial charge in [0.2, 0.25) is 0 Å². The summed E-state index contributed by atoms with van der Waals surface area (Å²) in [4.78, 5) is 52.5. The van der Waals surface area contributed by atoms with Gasteiger partial charge in [-0.3, -0.25) is 19.2 Å². The maximum absolute atomic E-state index is 13.4. The lowest BCUT2D eigenvalue weighted by Crippen LogP contribution is -2.51. The van der Waals surface area contributed by atoms with Crippen molar-refractivity contribution in [1.82, 2.24) is 10.0 Å². The molecule has 1 heterocycles. The number of nitrogens with zero attached hydrogens (tertiary/aromatic N) is 2. The fourth-order valence-corrected chi connectivity index (χ4v) is 3.71. The van der Waals surface area contributed by atoms with Gasteiger partial charge in [0, 0.05) is 11.1 Å². The summed E-state index contributed by atoms with van der Waals surface area (Å²) in [6, 6.07) is 16.6. The normalized spacial score (nSPS) is 12.5. The summed E-state index contributed by atoms with van der Waals surface area (Å²) in [6.45, 7) is -0.559. The maximum Gasteiger partial charge on any atom is 0.280 e. The molecule has 0 radical (unpaired) electrons. The van der Waals surface area contributed by atoms with E-state index in [1.54, 1.807) is 24.3 Å². The maximum atomic E-state index is 13.4. The van der Waals surface area contributed by atoms with Crippen molar-refractivity contribution in [2.24, 2.45) is 0 Å². The molecule has 4 rings (SSSR count). The average molecular weight is 483 g/mol. The van der Waals surface area contributed by atoms with Gasteiger partial charge < -0.3 is 4.74 Å². The second kappa shape index (κ2) is 9.05. The van der Waals surface area contributed by atoms with Crippen LogP contribution >= 0.6 is 23.2 Å². The fraction of sp³-hybridized carbons (Fsp3) is 0.0833. The van der Waals surface area contributed by atoms with Gasteiger partial charge in [0.05, 0.1) is 28.3 Å². The number of rotatable bonds is 6. The van der Waals surface area contributed by atoms with E-state index in [1.165, 1.54) is 49.6 Å². The molecule has 0 aromatic heterocycles. The highest BCUT2D eigenvalue weighted by molar-refractivity contribution is 6.42. The van der Waals surface area contributed by atoms with Crippen LogP contribution in [0.1, 0.15) is 41.4 Å². The van der Waals surface area contributed by atoms with Crippen molar-refractivity contribution >= 4 is 46.7 Å². The number of Topliss-reactive ketones (excluding diaryl/α,β-unsaturated/α-hetero) is 1. The number of carbonyl (C=O) groups is 4. The minimum atomic E-state index is -0.759. The predicted octanol–water partition coefficient (Wildman–Crippen LogP) is 4.54. The smallest absolute Gasteiger partial charge is 0.280 e. The molecule has 3 aromatic carbocycles. The summed E-state index contributed by atoms with van der Waals surface area (Å²) < 4.78 is 5.10. The first-order valence-corrected chi connectivity index (χ1v) is 10.5. The number of hydrogen-bond donors (Lipinski definition) is 0. The quantitative estimate of drug-likeness (QED) is 0.380. The molecule has 0 fully saturated rings. The van der Waals surface area contributed by atoms with Gasteiger partial charge in [0.15, 0.2) is 5.78 Å². The monoisotopic (exact) mass is 482 g/mol. The van der Waals surface area contributed by atoms with Crippen LogP contribution in [-0.2, 0) is 0 Å². The molecule has 9 heteroatoms. The van der Waals surface area contributed by atoms with E-state index in [1.807, 2.05) is 0 Å². The van der Waals surface area contributed by atoms with Gasteiger partial charge in [0.25, 0.3) is 17.7 Å². The van der Waals surface area contributed by atoms with Gasteiger partial charge in [-0.25, -0.2) is 5.01 Å². The summed E-state index contributed by atoms with van der Waals surface area (Å²) in [5.41, 5.74) is 0.625. The Morgan fingerprint density at radius 1 is 0.848 bits per heavy atom. The van der Waals surface area contributed by atoms with Crippen LogP contribution in [0.5, 0.6) is 5.75 Å². The number of hydrazine groups is 1. The minimum Gasteiger partial charge on any atom is -0.497 e. The SMILES string of the molecule is COc1ccc(C(=O)CN(C(=O)c2ccc(Cl)c(Cl)c2)N2C(=O)c3ccccc3C2=O)cc1. The first-order valence-electron chi connectivity index (χ1n) is 9.73. The molecule has 1 aliphatic heterocycles. The Kier molecular flexibility index (Phi) is 6.18. The molecule has 7 nitrogen and oxygen atoms in total. The highest BCUT2D eigenvalue weighted by Gasteiger charge is 2.42. The summed E-state index contributed by atoms with van der Waals surface area (Å²) in [5.74, 6) is -2.10. The number of ketones is 1. The van der Waals surface area contributed by atoms with E-state index in [2.05, 4.69) is 0 Å². The number of amides is 3. The molecule has 0 bridgehead atoms. The Balaban J connectivity index is 1.73. The molecule has 0 aliphatic carbocycles. The third kappa shape index (κ3) is 4.20. The first-order chi connectivity index (χ1) is 15.8. The van der Waals surface area contributed by atoms with Gasteiger partial charge in [-0.2, -0.15) is 5.01 Å². The van der Waals surface area contributed by atoms with Crippen LogP contribution in [0.4, 0.5) is 0 Å². The number of benzene rings is 3. The number of carbonyl (C=O) groups excluding carboxylic acids is 4. The van der Waals surface area contributed by atoms with E-state index in [9.17, 15) is 19.2 Å². The molecule has 33 heavy (non-hydrogen) atoms. The summed E-state index contributed by atoms with van der Waals surface area (Å²) >= 11 is 12.0. The molecular weight excluding hydrogens is 467 g/mol. The van der Waals surface area contributed by atoms with Gasteiger partial charge in [-0.05, 0) is 54.6 Å². The van der Waals surface area contributed by atoms with E-state index >= 15 is 0 Å². The summed E-state index contributed by atoms with van der Waals surface area (Å²) in [7, 11) is 1.50. The largest absolute Gasteiger partial charge is 0.497 e. The molecule has 0 unspecified atom stereocenters. The van der Waals surface area contributed by atoms with Crippen LogP contribution in [0.2, 0.25) is 10.0 Å². The van der Waals surface area contributed by atoms with E-state index in [-0.39, 0.29) is 32.3 Å². The zero-order valence-electron chi connectivity index (χ0n) is 17.2. The highest BCUT2D eigenvalue weighted by Crippen LogP contribution is 2.28. The Labute approximate surface area is 199 Å². The Morgan fingerprint density at radius 3 is 1.97 bits per heavy atom. The topological polar surface area (TPSA) is 84.0 Å². The van der Waals surface area contributed by atoms with Crippen molar-refractivity contribution in [2.45, 2.75) is 0 Å². The van der Waals surface area contributed by atoms with Crippen molar-refractivity contribution < 1.29 is 23.9 Å². The standard InChI is InChI=1S/C24H16Cl2N2O5/c1-33-16-9-6-14(7-10-16)21(29)13-27(22(30)15-8-11-19(25)20(26)12-15)28-23(31)17-4-2-3-5-18(17)24(28)32/h2-12H,13H2,1H3. The van der Waals surface area contributed by atoms with Crippen LogP contribution in [-0.4, -0.2) is 47.2 Å². The van der Waals surface area contributed by atoms with Crippen LogP contribution < -0.4 is 4.74 Å². The lowest BCUT2D eigenvalue weighted by Gasteiger charge is -2.29. The predicted molar refractivity (Wildman–Crippen MR) is 122 cm³/mol. The molecule has 1 aliphatic rings. The Bertz CT molecular complexity index is 1260. The number of methoxy groups -OCH3 is 1. The highest BCUT2D eigenvalue weighted by atomic mass is 35.5. The average Bonchev–Trinajstić information content (AvgIpc) is 3.09. The molecule has 166 valence electrons. The second-order valence-corrected chi connectivity index (χ2v) is 7.93. The second-order valence-electron chi connectivity index (χ2n) is 7.11. The zero-order valence-corrected chi connectivity index (χ0v) is 18.8. The molecule has 0 saturated carbocycles. The Hall–Kier alpha value is -3.68. The van der Waals surface area contributed by atoms with Crippen LogP contribution in [0.15, 0.2) is 66.7 Å². The molecule has 3 aromatic rings. The minimum absolute atomic E-state index is 0.0588. The molecular formula is C24H16Cl2N2O5. The lowest BCUT2D eigenvalue weighted by atomic mass is 10.1. The third-order valence-electron chi connectivity index (χ3n) is 5.12. The molecule has 0 atom stereocenters. The van der Waals surface area contributed by atoms with Gasteiger partial charge in [-0.15, -0.1) is 0 Å². The number of halogens is 2. The number of fused-ring (bicyclic) bond motifs is 1. The summed E-state index contributed by atoms with van der Waals surface area (Å²) in [6.07, 6.45) is 0. The van der Waals surface area contributed by atoms with E-state index in [0.717, 1.165) is 5.01 Å². The van der Waals surface area contributed by atoms with Gasteiger partial charge >= 0.3 is 0 Å². The van der Waals surface area contributed by atoms with Crippen LogP contribution in [0, 0.1) is 0 Å². The van der Waals surface area contributed by atoms with Crippen molar-refractivity contribution in [3.8, 4) is 5.75 Å². The molecule has 0 N–H and O–H groups in total. The summed E-state index contributed by atoms with van der Waals surface area (Å²) in [5, 5.41) is 1.87. The van der Waals surface area contributed by atoms with E-state index in [4.69, 9.17) is 27.9 Å². The molecule has 0 spiro atoms.